The normalized spacial score (nSPS) is 29.7. The van der Waals surface area contributed by atoms with Gasteiger partial charge >= 0.3 is 0 Å². The van der Waals surface area contributed by atoms with E-state index in [0.29, 0.717) is 18.1 Å². The molecule has 0 amide bonds. The van der Waals surface area contributed by atoms with Crippen LogP contribution in [0.4, 0.5) is 4.39 Å². The van der Waals surface area contributed by atoms with Crippen LogP contribution in [0, 0.1) is 29.0 Å². The number of hydrogen-bond donors (Lipinski definition) is 1. The third-order valence-electron chi connectivity index (χ3n) is 8.18. The molecule has 6 rings (SSSR count). The molecule has 166 valence electrons. The summed E-state index contributed by atoms with van der Waals surface area (Å²) in [5, 5.41) is 3.87. The molecule has 0 radical (unpaired) electrons. The van der Waals surface area contributed by atoms with Gasteiger partial charge in [0.1, 0.15) is 12.4 Å². The molecule has 4 fully saturated rings. The molecule has 1 atom stereocenters. The second-order valence-corrected chi connectivity index (χ2v) is 10.2. The Kier molecular flexibility index (Phi) is 5.68. The molecule has 1 N–H and O–H groups in total. The van der Waals surface area contributed by atoms with Crippen molar-refractivity contribution in [2.45, 2.75) is 64.6 Å². The van der Waals surface area contributed by atoms with Gasteiger partial charge in [0, 0.05) is 18.2 Å². The first-order valence-corrected chi connectivity index (χ1v) is 11.8. The minimum absolute atomic E-state index is 0.232. The van der Waals surface area contributed by atoms with E-state index in [9.17, 15) is 4.39 Å². The summed E-state index contributed by atoms with van der Waals surface area (Å²) in [7, 11) is 1.68. The van der Waals surface area contributed by atoms with E-state index in [-0.39, 0.29) is 5.82 Å². The van der Waals surface area contributed by atoms with Crippen LogP contribution in [0.5, 0.6) is 11.5 Å². The van der Waals surface area contributed by atoms with E-state index < -0.39 is 0 Å². The standard InChI is InChI=1S/C27H34FNO2/c1-18(27-13-20-10-21(14-27)12-22(11-20)15-27)29-16-23-4-3-5-25(30-2)26(23)31-17-19-6-8-24(28)9-7-19/h3-9,18,20-22,29H,10-17H2,1-2H3/t18-,20?,21?,22?,27?/m1/s1. The summed E-state index contributed by atoms with van der Waals surface area (Å²) >= 11 is 0. The second-order valence-electron chi connectivity index (χ2n) is 10.2. The van der Waals surface area contributed by atoms with Crippen molar-refractivity contribution >= 4 is 0 Å². The molecule has 4 aliphatic rings. The topological polar surface area (TPSA) is 30.5 Å². The third kappa shape index (κ3) is 4.19. The van der Waals surface area contributed by atoms with Crippen LogP contribution >= 0.6 is 0 Å². The van der Waals surface area contributed by atoms with Crippen LogP contribution in [-0.2, 0) is 13.2 Å². The number of ether oxygens (including phenoxy) is 2. The summed E-state index contributed by atoms with van der Waals surface area (Å²) in [4.78, 5) is 0. The monoisotopic (exact) mass is 423 g/mol. The van der Waals surface area contributed by atoms with Gasteiger partial charge in [-0.2, -0.15) is 0 Å². The number of rotatable bonds is 8. The molecule has 4 aliphatic carbocycles. The van der Waals surface area contributed by atoms with Gasteiger partial charge in [0.15, 0.2) is 11.5 Å². The van der Waals surface area contributed by atoms with E-state index in [4.69, 9.17) is 9.47 Å². The minimum atomic E-state index is -0.232. The Bertz CT molecular complexity index is 875. The third-order valence-corrected chi connectivity index (χ3v) is 8.18. The zero-order chi connectivity index (χ0) is 21.4. The fourth-order valence-electron chi connectivity index (χ4n) is 6.95. The zero-order valence-corrected chi connectivity index (χ0v) is 18.7. The van der Waals surface area contributed by atoms with Crippen molar-refractivity contribution in [1.82, 2.24) is 5.32 Å². The fraction of sp³-hybridized carbons (Fsp3) is 0.556. The predicted octanol–water partition coefficient (Wildman–Crippen LogP) is 6.11. The quantitative estimate of drug-likeness (QED) is 0.556. The van der Waals surface area contributed by atoms with E-state index in [2.05, 4.69) is 18.3 Å². The van der Waals surface area contributed by atoms with Gasteiger partial charge in [-0.1, -0.05) is 24.3 Å². The molecular weight excluding hydrogens is 389 g/mol. The van der Waals surface area contributed by atoms with Crippen LogP contribution in [0.3, 0.4) is 0 Å². The van der Waals surface area contributed by atoms with Gasteiger partial charge in [-0.25, -0.2) is 4.39 Å². The predicted molar refractivity (Wildman–Crippen MR) is 121 cm³/mol. The first-order valence-electron chi connectivity index (χ1n) is 11.8. The van der Waals surface area contributed by atoms with Gasteiger partial charge in [-0.05, 0) is 92.4 Å². The molecule has 4 bridgehead atoms. The highest BCUT2D eigenvalue weighted by atomic mass is 19.1. The van der Waals surface area contributed by atoms with Crippen molar-refractivity contribution in [3.8, 4) is 11.5 Å². The molecule has 31 heavy (non-hydrogen) atoms. The first-order chi connectivity index (χ1) is 15.0. The van der Waals surface area contributed by atoms with Gasteiger partial charge in [0.2, 0.25) is 0 Å². The van der Waals surface area contributed by atoms with E-state index in [1.54, 1.807) is 19.2 Å². The van der Waals surface area contributed by atoms with Gasteiger partial charge in [-0.3, -0.25) is 0 Å². The highest BCUT2D eigenvalue weighted by Crippen LogP contribution is 2.61. The second kappa shape index (κ2) is 8.46. The lowest BCUT2D eigenvalue weighted by Crippen LogP contribution is -2.54. The summed E-state index contributed by atoms with van der Waals surface area (Å²) in [5.74, 6) is 4.17. The van der Waals surface area contributed by atoms with Crippen molar-refractivity contribution in [2.75, 3.05) is 7.11 Å². The Morgan fingerprint density at radius 1 is 1.00 bits per heavy atom. The number of hydrogen-bond acceptors (Lipinski definition) is 3. The average molecular weight is 424 g/mol. The van der Waals surface area contributed by atoms with Crippen LogP contribution in [0.25, 0.3) is 0 Å². The molecule has 0 spiro atoms. The van der Waals surface area contributed by atoms with Crippen LogP contribution in [0.15, 0.2) is 42.5 Å². The minimum Gasteiger partial charge on any atom is -0.493 e. The van der Waals surface area contributed by atoms with E-state index in [0.717, 1.165) is 46.9 Å². The molecule has 0 saturated heterocycles. The molecule has 4 heteroatoms. The molecule has 3 nitrogen and oxygen atoms in total. The summed E-state index contributed by atoms with van der Waals surface area (Å²) in [6.45, 7) is 3.55. The van der Waals surface area contributed by atoms with Gasteiger partial charge in [0.25, 0.3) is 0 Å². The van der Waals surface area contributed by atoms with Crippen LogP contribution in [0.1, 0.15) is 56.6 Å². The average Bonchev–Trinajstić information content (AvgIpc) is 2.76. The van der Waals surface area contributed by atoms with Gasteiger partial charge in [0.05, 0.1) is 7.11 Å². The van der Waals surface area contributed by atoms with Crippen LogP contribution in [0.2, 0.25) is 0 Å². The molecule has 0 aromatic heterocycles. The van der Waals surface area contributed by atoms with Crippen molar-refractivity contribution in [1.29, 1.82) is 0 Å². The maximum atomic E-state index is 13.2. The Hall–Kier alpha value is -2.07. The SMILES string of the molecule is COc1cccc(CN[C@H](C)C23CC4CC(CC(C4)C2)C3)c1OCc1ccc(F)cc1. The lowest BCUT2D eigenvalue weighted by atomic mass is 9.48. The Morgan fingerprint density at radius 2 is 1.65 bits per heavy atom. The van der Waals surface area contributed by atoms with E-state index >= 15 is 0 Å². The number of methoxy groups -OCH3 is 1. The molecule has 0 aliphatic heterocycles. The summed E-state index contributed by atoms with van der Waals surface area (Å²) in [5.41, 5.74) is 2.52. The lowest BCUT2D eigenvalue weighted by molar-refractivity contribution is -0.0706. The largest absolute Gasteiger partial charge is 0.493 e. The Labute approximate surface area is 185 Å². The fourth-order valence-corrected chi connectivity index (χ4v) is 6.95. The molecule has 0 heterocycles. The van der Waals surface area contributed by atoms with Crippen molar-refractivity contribution in [3.63, 3.8) is 0 Å². The molecule has 0 unspecified atom stereocenters. The highest BCUT2D eigenvalue weighted by molar-refractivity contribution is 5.46. The number of para-hydroxylation sites is 1. The maximum absolute atomic E-state index is 13.2. The Balaban J connectivity index is 1.28. The molecular formula is C27H34FNO2. The van der Waals surface area contributed by atoms with Crippen LogP contribution in [-0.4, -0.2) is 13.2 Å². The van der Waals surface area contributed by atoms with Crippen molar-refractivity contribution < 1.29 is 13.9 Å². The molecule has 2 aromatic carbocycles. The van der Waals surface area contributed by atoms with Crippen molar-refractivity contribution in [2.24, 2.45) is 23.2 Å². The maximum Gasteiger partial charge on any atom is 0.166 e. The molecule has 4 saturated carbocycles. The number of nitrogens with one attached hydrogen (secondary N) is 1. The van der Waals surface area contributed by atoms with Crippen LogP contribution < -0.4 is 14.8 Å². The van der Waals surface area contributed by atoms with E-state index in [1.807, 2.05) is 12.1 Å². The number of halogens is 1. The summed E-state index contributed by atoms with van der Waals surface area (Å²) in [6, 6.07) is 13.0. The zero-order valence-electron chi connectivity index (χ0n) is 18.7. The smallest absolute Gasteiger partial charge is 0.166 e. The summed E-state index contributed by atoms with van der Waals surface area (Å²) in [6.07, 6.45) is 8.63. The van der Waals surface area contributed by atoms with Gasteiger partial charge < -0.3 is 14.8 Å². The lowest BCUT2D eigenvalue weighted by Gasteiger charge is -2.59. The first kappa shape index (κ1) is 20.8. The molecule has 2 aromatic rings. The van der Waals surface area contributed by atoms with Crippen molar-refractivity contribution in [3.05, 3.63) is 59.4 Å². The highest BCUT2D eigenvalue weighted by Gasteiger charge is 2.52. The number of benzene rings is 2. The van der Waals surface area contributed by atoms with Gasteiger partial charge in [-0.15, -0.1) is 0 Å². The van der Waals surface area contributed by atoms with E-state index in [1.165, 1.54) is 50.7 Å². The Morgan fingerprint density at radius 3 is 2.26 bits per heavy atom. The summed E-state index contributed by atoms with van der Waals surface area (Å²) < 4.78 is 25.0.